The first-order chi connectivity index (χ1) is 10.5. The van der Waals surface area contributed by atoms with Crippen molar-refractivity contribution in [2.24, 2.45) is 0 Å². The fourth-order valence-electron chi connectivity index (χ4n) is 2.73. The Labute approximate surface area is 133 Å². The summed E-state index contributed by atoms with van der Waals surface area (Å²) in [4.78, 5) is 9.23. The second-order valence-corrected chi connectivity index (χ2v) is 5.80. The highest BCUT2D eigenvalue weighted by molar-refractivity contribution is 7.32. The largest absolute Gasteiger partial charge is 0.695 e. The molecule has 1 unspecified atom stereocenters. The van der Waals surface area contributed by atoms with E-state index >= 15 is 0 Å². The van der Waals surface area contributed by atoms with Crippen molar-refractivity contribution in [2.45, 2.75) is 52.1 Å². The molecule has 0 aliphatic heterocycles. The van der Waals surface area contributed by atoms with Crippen molar-refractivity contribution < 1.29 is 23.5 Å². The molecule has 1 rings (SSSR count). The van der Waals surface area contributed by atoms with Gasteiger partial charge in [0.15, 0.2) is 5.60 Å². The Morgan fingerprint density at radius 2 is 1.59 bits per heavy atom. The first-order valence-electron chi connectivity index (χ1n) is 7.58. The zero-order valence-electron chi connectivity index (χ0n) is 14.0. The molecular formula is C16H26O5P+. The molecule has 0 spiro atoms. The highest BCUT2D eigenvalue weighted by Gasteiger charge is 2.40. The van der Waals surface area contributed by atoms with Crippen LogP contribution in [0, 0.1) is 0 Å². The average Bonchev–Trinajstić information content (AvgIpc) is 2.52. The number of rotatable bonds is 9. The minimum atomic E-state index is -2.70. The second kappa shape index (κ2) is 8.47. The Morgan fingerprint density at radius 1 is 1.09 bits per heavy atom. The summed E-state index contributed by atoms with van der Waals surface area (Å²) >= 11 is 0. The summed E-state index contributed by atoms with van der Waals surface area (Å²) in [5.41, 5.74) is 0.974. The van der Waals surface area contributed by atoms with Crippen LogP contribution in [0.3, 0.4) is 0 Å². The maximum Gasteiger partial charge on any atom is 0.695 e. The molecule has 1 aromatic carbocycles. The van der Waals surface area contributed by atoms with Crippen LogP contribution in [0.2, 0.25) is 0 Å². The summed E-state index contributed by atoms with van der Waals surface area (Å²) in [6.45, 7) is 5.96. The Bertz CT molecular complexity index is 486. The first-order valence-corrected chi connectivity index (χ1v) is 8.71. The van der Waals surface area contributed by atoms with Crippen LogP contribution in [0.4, 0.5) is 0 Å². The molecule has 6 heteroatoms. The van der Waals surface area contributed by atoms with E-state index in [1.165, 1.54) is 0 Å². The van der Waals surface area contributed by atoms with Gasteiger partial charge in [0, 0.05) is 10.1 Å². The van der Waals surface area contributed by atoms with Gasteiger partial charge in [-0.2, -0.15) is 0 Å². The van der Waals surface area contributed by atoms with E-state index in [0.717, 1.165) is 35.5 Å². The van der Waals surface area contributed by atoms with E-state index in [1.54, 1.807) is 14.2 Å². The van der Waals surface area contributed by atoms with Crippen molar-refractivity contribution in [2.75, 3.05) is 14.2 Å². The lowest BCUT2D eigenvalue weighted by Gasteiger charge is -2.27. The van der Waals surface area contributed by atoms with Crippen LogP contribution in [0.15, 0.2) is 12.1 Å². The number of methoxy groups -OCH3 is 2. The first kappa shape index (κ1) is 18.9. The summed E-state index contributed by atoms with van der Waals surface area (Å²) in [7, 11) is 0.534. The molecule has 0 aromatic heterocycles. The standard InChI is InChI=1S/C16H25O5P/c1-6-9-13-14(19-4)10-12(11-15(13)20-5)16(7-2,8-3)21-22(17)18/h10-11H,6-9H2,1-5H3/p+1. The summed E-state index contributed by atoms with van der Waals surface area (Å²) in [5.74, 6) is 1.44. The van der Waals surface area contributed by atoms with Gasteiger partial charge in [0.1, 0.15) is 11.5 Å². The van der Waals surface area contributed by atoms with Gasteiger partial charge in [0.05, 0.1) is 14.2 Å². The molecule has 22 heavy (non-hydrogen) atoms. The van der Waals surface area contributed by atoms with E-state index < -0.39 is 13.9 Å². The van der Waals surface area contributed by atoms with Crippen molar-refractivity contribution >= 4 is 8.25 Å². The Balaban J connectivity index is 3.47. The van der Waals surface area contributed by atoms with E-state index in [-0.39, 0.29) is 0 Å². The smallest absolute Gasteiger partial charge is 0.496 e. The van der Waals surface area contributed by atoms with Gasteiger partial charge in [-0.05, 0) is 37.0 Å². The highest BCUT2D eigenvalue weighted by atomic mass is 31.1. The molecule has 0 aliphatic carbocycles. The summed E-state index contributed by atoms with van der Waals surface area (Å²) in [5, 5.41) is 0. The van der Waals surface area contributed by atoms with Crippen LogP contribution in [0.5, 0.6) is 11.5 Å². The fraction of sp³-hybridized carbons (Fsp3) is 0.625. The number of hydrogen-bond acceptors (Lipinski definition) is 4. The molecule has 0 bridgehead atoms. The maximum atomic E-state index is 11.2. The van der Waals surface area contributed by atoms with Gasteiger partial charge in [-0.15, -0.1) is 9.42 Å². The molecule has 1 N–H and O–H groups in total. The predicted octanol–water partition coefficient (Wildman–Crippen LogP) is 4.34. The number of hydrogen-bond donors (Lipinski definition) is 1. The molecular weight excluding hydrogens is 303 g/mol. The zero-order chi connectivity index (χ0) is 16.8. The van der Waals surface area contributed by atoms with Gasteiger partial charge in [0.25, 0.3) is 0 Å². The molecule has 0 saturated heterocycles. The molecule has 124 valence electrons. The van der Waals surface area contributed by atoms with Gasteiger partial charge in [-0.3, -0.25) is 0 Å². The van der Waals surface area contributed by atoms with Crippen LogP contribution in [0.25, 0.3) is 0 Å². The van der Waals surface area contributed by atoms with Crippen molar-refractivity contribution in [3.63, 3.8) is 0 Å². The zero-order valence-corrected chi connectivity index (χ0v) is 14.9. The Hall–Kier alpha value is -1.16. The van der Waals surface area contributed by atoms with Gasteiger partial charge in [-0.25, -0.2) is 0 Å². The van der Waals surface area contributed by atoms with Crippen LogP contribution >= 0.6 is 8.25 Å². The molecule has 0 fully saturated rings. The molecule has 0 amide bonds. The molecule has 0 saturated carbocycles. The topological polar surface area (TPSA) is 65.0 Å². The second-order valence-electron chi connectivity index (χ2n) is 5.14. The van der Waals surface area contributed by atoms with Gasteiger partial charge in [0.2, 0.25) is 0 Å². The molecule has 5 nitrogen and oxygen atoms in total. The average molecular weight is 329 g/mol. The summed E-state index contributed by atoms with van der Waals surface area (Å²) in [6, 6.07) is 3.78. The molecule has 1 aromatic rings. The third kappa shape index (κ3) is 3.97. The molecule has 1 atom stereocenters. The molecule has 0 heterocycles. The quantitative estimate of drug-likeness (QED) is 0.683. The van der Waals surface area contributed by atoms with Gasteiger partial charge in [-0.1, -0.05) is 27.2 Å². The van der Waals surface area contributed by atoms with Gasteiger partial charge < -0.3 is 9.47 Å². The van der Waals surface area contributed by atoms with E-state index in [4.69, 9.17) is 14.0 Å². The van der Waals surface area contributed by atoms with Crippen molar-refractivity contribution in [1.82, 2.24) is 0 Å². The third-order valence-corrected chi connectivity index (χ3v) is 4.53. The Kier molecular flexibility index (Phi) is 7.27. The lowest BCUT2D eigenvalue weighted by Crippen LogP contribution is -2.26. The SMILES string of the molecule is CCCc1c(OC)cc(C(CC)(CC)O[P+](=O)O)cc1OC. The van der Waals surface area contributed by atoms with E-state index in [2.05, 4.69) is 6.92 Å². The van der Waals surface area contributed by atoms with Gasteiger partial charge >= 0.3 is 8.25 Å². The Morgan fingerprint density at radius 3 is 1.91 bits per heavy atom. The normalized spacial score (nSPS) is 12.2. The lowest BCUT2D eigenvalue weighted by molar-refractivity contribution is 0.0531. The minimum Gasteiger partial charge on any atom is -0.496 e. The van der Waals surface area contributed by atoms with Crippen LogP contribution in [-0.4, -0.2) is 19.1 Å². The lowest BCUT2D eigenvalue weighted by atomic mass is 9.87. The van der Waals surface area contributed by atoms with Crippen LogP contribution < -0.4 is 9.47 Å². The predicted molar refractivity (Wildman–Crippen MR) is 86.7 cm³/mol. The molecule has 0 aliphatic rings. The van der Waals surface area contributed by atoms with Crippen LogP contribution in [-0.2, 0) is 21.1 Å². The van der Waals surface area contributed by atoms with Crippen molar-refractivity contribution in [3.05, 3.63) is 23.3 Å². The highest BCUT2D eigenvalue weighted by Crippen LogP contribution is 2.44. The van der Waals surface area contributed by atoms with E-state index in [0.29, 0.717) is 12.8 Å². The fourth-order valence-corrected chi connectivity index (χ4v) is 3.40. The van der Waals surface area contributed by atoms with Crippen molar-refractivity contribution in [3.8, 4) is 11.5 Å². The van der Waals surface area contributed by atoms with Crippen LogP contribution in [0.1, 0.15) is 51.2 Å². The van der Waals surface area contributed by atoms with E-state index in [1.807, 2.05) is 26.0 Å². The number of ether oxygens (including phenoxy) is 2. The molecule has 0 radical (unpaired) electrons. The summed E-state index contributed by atoms with van der Waals surface area (Å²) in [6.07, 6.45) is 2.96. The van der Waals surface area contributed by atoms with E-state index in [9.17, 15) is 9.46 Å². The van der Waals surface area contributed by atoms with Crippen molar-refractivity contribution in [1.29, 1.82) is 0 Å². The third-order valence-electron chi connectivity index (χ3n) is 4.03. The number of benzene rings is 1. The minimum absolute atomic E-state index is 0.574. The monoisotopic (exact) mass is 329 g/mol. The maximum absolute atomic E-state index is 11.2. The summed E-state index contributed by atoms with van der Waals surface area (Å²) < 4.78 is 27.6.